The molecule has 1 aliphatic carbocycles. The molecule has 0 atom stereocenters. The third-order valence-electron chi connectivity index (χ3n) is 6.57. The first-order chi connectivity index (χ1) is 19.3. The van der Waals surface area contributed by atoms with Gasteiger partial charge < -0.3 is 9.74 Å². The molecule has 1 aromatic carbocycles. The van der Waals surface area contributed by atoms with E-state index in [4.69, 9.17) is 4.84 Å². The maximum atomic E-state index is 13.3. The van der Waals surface area contributed by atoms with Gasteiger partial charge in [-0.05, 0) is 31.0 Å². The number of piperazine rings is 1. The van der Waals surface area contributed by atoms with E-state index in [9.17, 15) is 18.0 Å². The van der Waals surface area contributed by atoms with Crippen LogP contribution in [0.5, 0.6) is 0 Å². The van der Waals surface area contributed by atoms with E-state index in [1.807, 2.05) is 4.90 Å². The quantitative estimate of drug-likeness (QED) is 0.280. The fraction of sp³-hybridized carbons (Fsp3) is 0.385. The lowest BCUT2D eigenvalue weighted by molar-refractivity contribution is -0.130. The van der Waals surface area contributed by atoms with Gasteiger partial charge in [-0.15, -0.1) is 11.3 Å². The number of hydrogen-bond donors (Lipinski definition) is 1. The average Bonchev–Trinajstić information content (AvgIpc) is 3.74. The molecule has 1 N–H and O–H groups in total. The van der Waals surface area contributed by atoms with Crippen molar-refractivity contribution in [3.8, 4) is 0 Å². The molecule has 14 heteroatoms. The first-order valence-corrected chi connectivity index (χ1v) is 15.2. The molecule has 12 nitrogen and oxygen atoms in total. The van der Waals surface area contributed by atoms with E-state index in [0.29, 0.717) is 49.0 Å². The minimum Gasteiger partial charge on any atom is -0.387 e. The van der Waals surface area contributed by atoms with Crippen LogP contribution in [0.25, 0.3) is 0 Å². The topological polar surface area (TPSA) is 147 Å². The molecule has 3 aromatic rings. The van der Waals surface area contributed by atoms with Crippen LogP contribution in [0.2, 0.25) is 0 Å². The second kappa shape index (κ2) is 12.2. The van der Waals surface area contributed by atoms with Crippen LogP contribution in [0.3, 0.4) is 0 Å². The second-order valence-corrected chi connectivity index (χ2v) is 12.9. The zero-order valence-corrected chi connectivity index (χ0v) is 23.5. The number of thiazole rings is 1. The largest absolute Gasteiger partial charge is 0.387 e. The third kappa shape index (κ3) is 6.87. The van der Waals surface area contributed by atoms with Gasteiger partial charge in [0.1, 0.15) is 0 Å². The summed E-state index contributed by atoms with van der Waals surface area (Å²) in [5.74, 6) is -0.0762. The number of nitrogens with zero attached hydrogens (tertiary/aromatic N) is 6. The van der Waals surface area contributed by atoms with E-state index in [1.54, 1.807) is 43.7 Å². The Labute approximate surface area is 236 Å². The van der Waals surface area contributed by atoms with E-state index in [-0.39, 0.29) is 28.4 Å². The number of hydrogen-bond acceptors (Lipinski definition) is 11. The summed E-state index contributed by atoms with van der Waals surface area (Å²) in [4.78, 5) is 48.0. The van der Waals surface area contributed by atoms with Crippen molar-refractivity contribution < 1.29 is 22.8 Å². The van der Waals surface area contributed by atoms with Gasteiger partial charge in [-0.1, -0.05) is 17.3 Å². The van der Waals surface area contributed by atoms with Crippen LogP contribution < -0.4 is 5.32 Å². The summed E-state index contributed by atoms with van der Waals surface area (Å²) < 4.78 is 25.2. The molecule has 0 radical (unpaired) electrons. The van der Waals surface area contributed by atoms with Crippen molar-refractivity contribution in [3.05, 3.63) is 65.2 Å². The van der Waals surface area contributed by atoms with E-state index in [0.717, 1.165) is 18.0 Å². The van der Waals surface area contributed by atoms with E-state index in [2.05, 4.69) is 30.3 Å². The number of rotatable bonds is 10. The zero-order valence-electron chi connectivity index (χ0n) is 21.9. The molecule has 2 aromatic heterocycles. The molecule has 210 valence electrons. The van der Waals surface area contributed by atoms with Gasteiger partial charge in [0.05, 0.1) is 10.1 Å². The van der Waals surface area contributed by atoms with Crippen molar-refractivity contribution in [3.63, 3.8) is 0 Å². The lowest BCUT2D eigenvalue weighted by Crippen LogP contribution is -2.47. The molecule has 1 saturated heterocycles. The van der Waals surface area contributed by atoms with Gasteiger partial charge in [0, 0.05) is 68.7 Å². The summed E-state index contributed by atoms with van der Waals surface area (Å²) in [5, 5.41) is 6.90. The van der Waals surface area contributed by atoms with Crippen LogP contribution in [-0.2, 0) is 37.4 Å². The standard InChI is InChI=1S/C26H29N7O5S2/c1-18(34)33-13-11-32(12-14-33)16-20-15-29-26(39-20)30-25(35)24(31-38-17-23-27-9-2-10-28-23)19-3-5-21(6-4-19)40(36,37)22-7-8-22/h2-6,9-10,15,22H,7-8,11-14,16-17H2,1H3,(H,29,30,35). The van der Waals surface area contributed by atoms with Crippen LogP contribution in [0, 0.1) is 0 Å². The maximum Gasteiger partial charge on any atom is 0.280 e. The average molecular weight is 584 g/mol. The molecule has 3 heterocycles. The molecule has 2 amide bonds. The molecular formula is C26H29N7O5S2. The summed E-state index contributed by atoms with van der Waals surface area (Å²) in [6.07, 6.45) is 6.20. The number of nitrogens with one attached hydrogen (secondary N) is 1. The van der Waals surface area contributed by atoms with Crippen molar-refractivity contribution >= 4 is 43.8 Å². The highest BCUT2D eigenvalue weighted by atomic mass is 32.2. The highest BCUT2D eigenvalue weighted by Crippen LogP contribution is 2.33. The fourth-order valence-electron chi connectivity index (χ4n) is 4.19. The molecule has 2 fully saturated rings. The smallest absolute Gasteiger partial charge is 0.280 e. The van der Waals surface area contributed by atoms with Gasteiger partial charge in [0.15, 0.2) is 33.1 Å². The Kier molecular flexibility index (Phi) is 8.47. The van der Waals surface area contributed by atoms with Gasteiger partial charge in [0.25, 0.3) is 5.91 Å². The lowest BCUT2D eigenvalue weighted by Gasteiger charge is -2.33. The van der Waals surface area contributed by atoms with Gasteiger partial charge in [-0.2, -0.15) is 0 Å². The molecular weight excluding hydrogens is 554 g/mol. The predicted molar refractivity (Wildman–Crippen MR) is 148 cm³/mol. The summed E-state index contributed by atoms with van der Waals surface area (Å²) in [6.45, 7) is 5.10. The molecule has 2 aliphatic rings. The van der Waals surface area contributed by atoms with Crippen molar-refractivity contribution in [2.24, 2.45) is 5.16 Å². The minimum atomic E-state index is -3.37. The maximum absolute atomic E-state index is 13.3. The number of carbonyl (C=O) groups excluding carboxylic acids is 2. The monoisotopic (exact) mass is 583 g/mol. The Morgan fingerprint density at radius 1 is 1.07 bits per heavy atom. The highest BCUT2D eigenvalue weighted by Gasteiger charge is 2.36. The van der Waals surface area contributed by atoms with Gasteiger partial charge >= 0.3 is 0 Å². The molecule has 0 unspecified atom stereocenters. The van der Waals surface area contributed by atoms with Crippen LogP contribution >= 0.6 is 11.3 Å². The summed E-state index contributed by atoms with van der Waals surface area (Å²) in [6, 6.07) is 7.74. The summed E-state index contributed by atoms with van der Waals surface area (Å²) in [7, 11) is -3.37. The minimum absolute atomic E-state index is 0.0385. The Morgan fingerprint density at radius 3 is 2.42 bits per heavy atom. The summed E-state index contributed by atoms with van der Waals surface area (Å²) >= 11 is 1.35. The first-order valence-electron chi connectivity index (χ1n) is 12.8. The Balaban J connectivity index is 1.28. The lowest BCUT2D eigenvalue weighted by atomic mass is 10.1. The SMILES string of the molecule is CC(=O)N1CCN(Cc2cnc(NC(=O)C(=NOCc3ncccn3)c3ccc(S(=O)(=O)C4CC4)cc3)s2)CC1. The molecule has 0 bridgehead atoms. The normalized spacial score (nSPS) is 16.5. The van der Waals surface area contributed by atoms with E-state index < -0.39 is 15.7 Å². The Bertz CT molecular complexity index is 1480. The third-order valence-corrected chi connectivity index (χ3v) is 9.75. The zero-order chi connectivity index (χ0) is 28.1. The number of benzene rings is 1. The number of amides is 2. The summed E-state index contributed by atoms with van der Waals surface area (Å²) in [5.41, 5.74) is 0.352. The van der Waals surface area contributed by atoms with E-state index in [1.165, 1.54) is 23.5 Å². The number of aromatic nitrogens is 3. The van der Waals surface area contributed by atoms with Crippen LogP contribution in [-0.4, -0.2) is 82.1 Å². The highest BCUT2D eigenvalue weighted by molar-refractivity contribution is 7.92. The molecule has 5 rings (SSSR count). The predicted octanol–water partition coefficient (Wildman–Crippen LogP) is 2.09. The van der Waals surface area contributed by atoms with Crippen LogP contribution in [0.1, 0.15) is 36.0 Å². The molecule has 1 aliphatic heterocycles. The molecule has 1 saturated carbocycles. The molecule has 40 heavy (non-hydrogen) atoms. The number of carbonyl (C=O) groups is 2. The number of sulfone groups is 1. The van der Waals surface area contributed by atoms with Crippen molar-refractivity contribution in [1.29, 1.82) is 0 Å². The van der Waals surface area contributed by atoms with Crippen molar-refractivity contribution in [1.82, 2.24) is 24.8 Å². The number of oxime groups is 1. The van der Waals surface area contributed by atoms with Crippen molar-refractivity contribution in [2.45, 2.75) is 43.1 Å². The first kappa shape index (κ1) is 27.8. The number of anilines is 1. The van der Waals surface area contributed by atoms with Gasteiger partial charge in [-0.3, -0.25) is 19.8 Å². The molecule has 0 spiro atoms. The van der Waals surface area contributed by atoms with Gasteiger partial charge in [-0.25, -0.2) is 23.4 Å². The van der Waals surface area contributed by atoms with Crippen LogP contribution in [0.15, 0.2) is 59.0 Å². The van der Waals surface area contributed by atoms with Crippen molar-refractivity contribution in [2.75, 3.05) is 31.5 Å². The Hall–Kier alpha value is -3.75. The Morgan fingerprint density at radius 2 is 1.77 bits per heavy atom. The van der Waals surface area contributed by atoms with Crippen LogP contribution in [0.4, 0.5) is 5.13 Å². The second-order valence-electron chi connectivity index (χ2n) is 9.52. The van der Waals surface area contributed by atoms with E-state index >= 15 is 0 Å². The van der Waals surface area contributed by atoms with Gasteiger partial charge in [0.2, 0.25) is 5.91 Å². The fourth-order valence-corrected chi connectivity index (χ4v) is 6.70.